The summed E-state index contributed by atoms with van der Waals surface area (Å²) >= 11 is 0. The molecule has 0 radical (unpaired) electrons. The molecule has 2 aromatic rings. The number of sulfonamides is 1. The van der Waals surface area contributed by atoms with Crippen molar-refractivity contribution in [1.29, 1.82) is 0 Å². The normalized spacial score (nSPS) is 19.7. The van der Waals surface area contributed by atoms with E-state index in [0.717, 1.165) is 18.6 Å². The van der Waals surface area contributed by atoms with Crippen molar-refractivity contribution in [3.05, 3.63) is 48.5 Å². The molecular formula is C23H29N3O5S. The van der Waals surface area contributed by atoms with Gasteiger partial charge in [-0.25, -0.2) is 8.42 Å². The van der Waals surface area contributed by atoms with E-state index >= 15 is 0 Å². The van der Waals surface area contributed by atoms with Crippen molar-refractivity contribution in [2.45, 2.75) is 36.8 Å². The molecule has 0 saturated carbocycles. The third-order valence-electron chi connectivity index (χ3n) is 5.92. The van der Waals surface area contributed by atoms with E-state index in [1.54, 1.807) is 24.3 Å². The van der Waals surface area contributed by atoms with Gasteiger partial charge in [-0.3, -0.25) is 9.69 Å². The lowest BCUT2D eigenvalue weighted by atomic mass is 10.2. The first-order chi connectivity index (χ1) is 15.3. The molecule has 2 aromatic carbocycles. The van der Waals surface area contributed by atoms with Crippen molar-refractivity contribution in [2.75, 3.05) is 38.6 Å². The highest BCUT2D eigenvalue weighted by atomic mass is 32.2. The fraction of sp³-hybridized carbons (Fsp3) is 0.435. The average molecular weight is 460 g/mol. The Balaban J connectivity index is 1.32. The minimum atomic E-state index is -3.46. The van der Waals surface area contributed by atoms with Gasteiger partial charge in [-0.2, -0.15) is 4.31 Å². The second-order valence-corrected chi connectivity index (χ2v) is 10.2. The van der Waals surface area contributed by atoms with Crippen molar-refractivity contribution in [2.24, 2.45) is 0 Å². The third-order valence-corrected chi connectivity index (χ3v) is 7.84. The Kier molecular flexibility index (Phi) is 6.68. The number of nitrogens with zero attached hydrogens (tertiary/aromatic N) is 2. The summed E-state index contributed by atoms with van der Waals surface area (Å²) < 4.78 is 38.5. The molecule has 1 N–H and O–H groups in total. The number of likely N-dealkylation sites (N-methyl/N-ethyl adjacent to an activating group) is 1. The van der Waals surface area contributed by atoms with E-state index in [4.69, 9.17) is 9.47 Å². The standard InChI is InChI=1S/C23H29N3O5S/c1-17(25(2)15-19-16-30-21-7-3-4-8-22(21)31-19)23(27)24-18-9-11-20(12-10-18)32(28,29)26-13-5-6-14-26/h3-4,7-12,17,19H,5-6,13-16H2,1-2H3,(H,24,27)/t17-,19-/m1/s1. The van der Waals surface area contributed by atoms with Crippen LogP contribution in [0, 0.1) is 0 Å². The van der Waals surface area contributed by atoms with Crippen LogP contribution in [0.3, 0.4) is 0 Å². The van der Waals surface area contributed by atoms with E-state index in [1.807, 2.05) is 43.1 Å². The third kappa shape index (κ3) is 4.90. The van der Waals surface area contributed by atoms with Gasteiger partial charge in [-0.05, 0) is 63.2 Å². The number of hydrogen-bond donors (Lipinski definition) is 1. The molecule has 0 spiro atoms. The van der Waals surface area contributed by atoms with Gasteiger partial charge in [-0.15, -0.1) is 0 Å². The summed E-state index contributed by atoms with van der Waals surface area (Å²) in [6, 6.07) is 13.5. The van der Waals surface area contributed by atoms with Crippen molar-refractivity contribution in [1.82, 2.24) is 9.21 Å². The van der Waals surface area contributed by atoms with E-state index in [2.05, 4.69) is 5.32 Å². The van der Waals surface area contributed by atoms with E-state index in [-0.39, 0.29) is 16.9 Å². The number of ether oxygens (including phenoxy) is 2. The van der Waals surface area contributed by atoms with Crippen molar-refractivity contribution in [3.8, 4) is 11.5 Å². The first-order valence-corrected chi connectivity index (χ1v) is 12.3. The summed E-state index contributed by atoms with van der Waals surface area (Å²) in [7, 11) is -1.60. The Hall–Kier alpha value is -2.62. The number of carbonyl (C=O) groups is 1. The maximum Gasteiger partial charge on any atom is 0.243 e. The lowest BCUT2D eigenvalue weighted by Crippen LogP contribution is -2.46. The van der Waals surface area contributed by atoms with Gasteiger partial charge < -0.3 is 14.8 Å². The highest BCUT2D eigenvalue weighted by Crippen LogP contribution is 2.31. The second-order valence-electron chi connectivity index (χ2n) is 8.24. The molecule has 8 nitrogen and oxygen atoms in total. The monoisotopic (exact) mass is 459 g/mol. The predicted octanol–water partition coefficient (Wildman–Crippen LogP) is 2.57. The van der Waals surface area contributed by atoms with Gasteiger partial charge in [0.1, 0.15) is 12.7 Å². The molecule has 2 aliphatic rings. The van der Waals surface area contributed by atoms with Gasteiger partial charge in [0.15, 0.2) is 11.5 Å². The van der Waals surface area contributed by atoms with Crippen LogP contribution in [-0.4, -0.2) is 69.0 Å². The number of para-hydroxylation sites is 2. The number of nitrogens with one attached hydrogen (secondary N) is 1. The Morgan fingerprint density at radius 2 is 1.78 bits per heavy atom. The summed E-state index contributed by atoms with van der Waals surface area (Å²) in [4.78, 5) is 14.9. The summed E-state index contributed by atoms with van der Waals surface area (Å²) in [5, 5.41) is 2.86. The van der Waals surface area contributed by atoms with Crippen LogP contribution < -0.4 is 14.8 Å². The Labute approximate surface area is 189 Å². The lowest BCUT2D eigenvalue weighted by Gasteiger charge is -2.31. The zero-order chi connectivity index (χ0) is 22.7. The molecule has 32 heavy (non-hydrogen) atoms. The number of benzene rings is 2. The molecule has 0 unspecified atom stereocenters. The van der Waals surface area contributed by atoms with E-state index < -0.39 is 16.1 Å². The van der Waals surface area contributed by atoms with Gasteiger partial charge in [0.2, 0.25) is 15.9 Å². The maximum absolute atomic E-state index is 12.7. The first kappa shape index (κ1) is 22.6. The SMILES string of the molecule is C[C@H](C(=O)Nc1ccc(S(=O)(=O)N2CCCC2)cc1)N(C)C[C@@H]1COc2ccccc2O1. The molecule has 1 saturated heterocycles. The van der Waals surface area contributed by atoms with Crippen molar-refractivity contribution in [3.63, 3.8) is 0 Å². The smallest absolute Gasteiger partial charge is 0.243 e. The molecule has 2 heterocycles. The Morgan fingerprint density at radius 1 is 1.12 bits per heavy atom. The Bertz CT molecular complexity index is 1050. The summed E-state index contributed by atoms with van der Waals surface area (Å²) in [6.45, 7) is 3.88. The van der Waals surface area contributed by atoms with Crippen LogP contribution in [-0.2, 0) is 14.8 Å². The van der Waals surface area contributed by atoms with Gasteiger partial charge in [-0.1, -0.05) is 12.1 Å². The zero-order valence-corrected chi connectivity index (χ0v) is 19.2. The number of hydrogen-bond acceptors (Lipinski definition) is 6. The minimum Gasteiger partial charge on any atom is -0.486 e. The topological polar surface area (TPSA) is 88.2 Å². The van der Waals surface area contributed by atoms with Crippen LogP contribution >= 0.6 is 0 Å². The highest BCUT2D eigenvalue weighted by Gasteiger charge is 2.28. The zero-order valence-electron chi connectivity index (χ0n) is 18.4. The second kappa shape index (κ2) is 9.48. The quantitative estimate of drug-likeness (QED) is 0.685. The molecule has 9 heteroatoms. The summed E-state index contributed by atoms with van der Waals surface area (Å²) in [6.07, 6.45) is 1.60. The molecule has 0 bridgehead atoms. The molecular weight excluding hydrogens is 430 g/mol. The number of fused-ring (bicyclic) bond motifs is 1. The lowest BCUT2D eigenvalue weighted by molar-refractivity contribution is -0.120. The number of amides is 1. The largest absolute Gasteiger partial charge is 0.486 e. The van der Waals surface area contributed by atoms with Gasteiger partial charge >= 0.3 is 0 Å². The molecule has 0 aromatic heterocycles. The molecule has 1 amide bonds. The maximum atomic E-state index is 12.7. The van der Waals surface area contributed by atoms with Gasteiger partial charge in [0.25, 0.3) is 0 Å². The van der Waals surface area contributed by atoms with Gasteiger partial charge in [0.05, 0.1) is 10.9 Å². The average Bonchev–Trinajstić information content (AvgIpc) is 3.35. The van der Waals surface area contributed by atoms with Crippen LogP contribution in [0.15, 0.2) is 53.4 Å². The Morgan fingerprint density at radius 3 is 2.47 bits per heavy atom. The van der Waals surface area contributed by atoms with Crippen LogP contribution in [0.4, 0.5) is 5.69 Å². The molecule has 0 aliphatic carbocycles. The fourth-order valence-electron chi connectivity index (χ4n) is 3.87. The fourth-order valence-corrected chi connectivity index (χ4v) is 5.38. The van der Waals surface area contributed by atoms with Crippen molar-refractivity contribution >= 4 is 21.6 Å². The van der Waals surface area contributed by atoms with E-state index in [9.17, 15) is 13.2 Å². The number of anilines is 1. The van der Waals surface area contributed by atoms with Crippen LogP contribution in [0.2, 0.25) is 0 Å². The summed E-state index contributed by atoms with van der Waals surface area (Å²) in [5.41, 5.74) is 0.557. The molecule has 2 aliphatic heterocycles. The van der Waals surface area contributed by atoms with Gasteiger partial charge in [0, 0.05) is 25.3 Å². The molecule has 4 rings (SSSR count). The number of rotatable bonds is 7. The van der Waals surface area contributed by atoms with Crippen LogP contribution in [0.25, 0.3) is 0 Å². The first-order valence-electron chi connectivity index (χ1n) is 10.8. The minimum absolute atomic E-state index is 0.180. The molecule has 172 valence electrons. The van der Waals surface area contributed by atoms with E-state index in [1.165, 1.54) is 4.31 Å². The highest BCUT2D eigenvalue weighted by molar-refractivity contribution is 7.89. The predicted molar refractivity (Wildman–Crippen MR) is 122 cm³/mol. The van der Waals surface area contributed by atoms with Crippen LogP contribution in [0.1, 0.15) is 19.8 Å². The molecule has 2 atom stereocenters. The summed E-state index contributed by atoms with van der Waals surface area (Å²) in [5.74, 6) is 1.25. The molecule has 1 fully saturated rings. The van der Waals surface area contributed by atoms with E-state index in [0.29, 0.717) is 37.7 Å². The number of carbonyl (C=O) groups excluding carboxylic acids is 1. The van der Waals surface area contributed by atoms with Crippen LogP contribution in [0.5, 0.6) is 11.5 Å². The van der Waals surface area contributed by atoms with Crippen molar-refractivity contribution < 1.29 is 22.7 Å².